The molecule has 0 spiro atoms. The smallest absolute Gasteiger partial charge is 0.325 e. The van der Waals surface area contributed by atoms with Crippen LogP contribution in [-0.2, 0) is 16.1 Å². The van der Waals surface area contributed by atoms with Crippen LogP contribution in [0.15, 0.2) is 42.6 Å². The van der Waals surface area contributed by atoms with Crippen LogP contribution in [0.1, 0.15) is 18.1 Å². The molecule has 0 atom stereocenters. The molecule has 0 aliphatic heterocycles. The van der Waals surface area contributed by atoms with Gasteiger partial charge in [0.25, 0.3) is 0 Å². The number of pyridine rings is 1. The van der Waals surface area contributed by atoms with Crippen molar-refractivity contribution in [3.8, 4) is 11.6 Å². The number of nitrogens with zero attached hydrogens (tertiary/aromatic N) is 1. The summed E-state index contributed by atoms with van der Waals surface area (Å²) in [6.07, 6.45) is 1.62. The molecule has 25 heavy (non-hydrogen) atoms. The lowest BCUT2D eigenvalue weighted by atomic mass is 10.2. The number of hydrogen-bond acceptors (Lipinski definition) is 5. The summed E-state index contributed by atoms with van der Waals surface area (Å²) in [5, 5.41) is 5.09. The van der Waals surface area contributed by atoms with Gasteiger partial charge in [0.1, 0.15) is 12.3 Å². The van der Waals surface area contributed by atoms with Gasteiger partial charge in [0.05, 0.1) is 6.61 Å². The Morgan fingerprint density at radius 1 is 1.12 bits per heavy atom. The maximum atomic E-state index is 11.8. The van der Waals surface area contributed by atoms with E-state index in [1.807, 2.05) is 37.3 Å². The van der Waals surface area contributed by atoms with Gasteiger partial charge in [0, 0.05) is 18.3 Å². The van der Waals surface area contributed by atoms with Gasteiger partial charge >= 0.3 is 12.0 Å². The average Bonchev–Trinajstić information content (AvgIpc) is 2.61. The van der Waals surface area contributed by atoms with E-state index in [0.29, 0.717) is 11.6 Å². The minimum atomic E-state index is -0.484. The standard InChI is InChI=1S/C18H21N3O4/c1-3-24-16(22)12-21-18(23)20-11-14-8-6-10-19-17(14)25-15-9-5-4-7-13(15)2/h4-10H,3,11-12H2,1-2H3,(H2,20,21,23). The number of urea groups is 1. The summed E-state index contributed by atoms with van der Waals surface area (Å²) in [4.78, 5) is 27.2. The zero-order chi connectivity index (χ0) is 18.1. The number of para-hydroxylation sites is 1. The van der Waals surface area contributed by atoms with E-state index in [9.17, 15) is 9.59 Å². The fourth-order valence-electron chi connectivity index (χ4n) is 2.03. The highest BCUT2D eigenvalue weighted by Gasteiger charge is 2.10. The van der Waals surface area contributed by atoms with Gasteiger partial charge in [-0.15, -0.1) is 0 Å². The number of aryl methyl sites for hydroxylation is 1. The summed E-state index contributed by atoms with van der Waals surface area (Å²) < 4.78 is 10.6. The van der Waals surface area contributed by atoms with Crippen molar-refractivity contribution >= 4 is 12.0 Å². The Kier molecular flexibility index (Phi) is 6.76. The van der Waals surface area contributed by atoms with Crippen molar-refractivity contribution in [2.24, 2.45) is 0 Å². The van der Waals surface area contributed by atoms with Crippen LogP contribution in [0.4, 0.5) is 4.79 Å². The molecule has 132 valence electrons. The molecule has 0 aliphatic rings. The van der Waals surface area contributed by atoms with E-state index in [1.165, 1.54) is 0 Å². The number of carbonyl (C=O) groups is 2. The molecule has 1 aromatic heterocycles. The fraction of sp³-hybridized carbons (Fsp3) is 0.278. The number of rotatable bonds is 7. The van der Waals surface area contributed by atoms with Crippen molar-refractivity contribution in [1.29, 1.82) is 0 Å². The Bertz CT molecular complexity index is 734. The van der Waals surface area contributed by atoms with Gasteiger partial charge in [-0.3, -0.25) is 4.79 Å². The molecule has 1 aromatic carbocycles. The van der Waals surface area contributed by atoms with Crippen LogP contribution in [-0.4, -0.2) is 30.1 Å². The minimum absolute atomic E-state index is 0.181. The first-order chi connectivity index (χ1) is 12.1. The SMILES string of the molecule is CCOC(=O)CNC(=O)NCc1cccnc1Oc1ccccc1C. The second kappa shape index (κ2) is 9.27. The predicted octanol–water partition coefficient (Wildman–Crippen LogP) is 2.54. The lowest BCUT2D eigenvalue weighted by Gasteiger charge is -2.12. The second-order valence-electron chi connectivity index (χ2n) is 5.18. The molecule has 1 heterocycles. The molecule has 2 N–H and O–H groups in total. The summed E-state index contributed by atoms with van der Waals surface area (Å²) in [5.41, 5.74) is 1.70. The molecule has 2 aromatic rings. The van der Waals surface area contributed by atoms with Crippen LogP contribution < -0.4 is 15.4 Å². The molecular weight excluding hydrogens is 322 g/mol. The highest BCUT2D eigenvalue weighted by atomic mass is 16.5. The van der Waals surface area contributed by atoms with Crippen LogP contribution in [0.3, 0.4) is 0 Å². The zero-order valence-corrected chi connectivity index (χ0v) is 14.2. The highest BCUT2D eigenvalue weighted by Crippen LogP contribution is 2.25. The largest absolute Gasteiger partial charge is 0.465 e. The van der Waals surface area contributed by atoms with Gasteiger partial charge in [-0.2, -0.15) is 0 Å². The van der Waals surface area contributed by atoms with E-state index < -0.39 is 12.0 Å². The first-order valence-corrected chi connectivity index (χ1v) is 7.95. The van der Waals surface area contributed by atoms with Gasteiger partial charge in [-0.05, 0) is 31.5 Å². The number of aromatic nitrogens is 1. The Morgan fingerprint density at radius 2 is 1.92 bits per heavy atom. The molecule has 7 nitrogen and oxygen atoms in total. The molecule has 0 saturated carbocycles. The van der Waals surface area contributed by atoms with E-state index in [2.05, 4.69) is 15.6 Å². The first kappa shape index (κ1) is 18.3. The van der Waals surface area contributed by atoms with Gasteiger partial charge < -0.3 is 20.1 Å². The Balaban J connectivity index is 1.93. The van der Waals surface area contributed by atoms with E-state index in [4.69, 9.17) is 9.47 Å². The van der Waals surface area contributed by atoms with Crippen LogP contribution in [0.5, 0.6) is 11.6 Å². The summed E-state index contributed by atoms with van der Waals surface area (Å²) in [6, 6.07) is 10.7. The number of amides is 2. The second-order valence-corrected chi connectivity index (χ2v) is 5.18. The van der Waals surface area contributed by atoms with E-state index in [1.54, 1.807) is 19.2 Å². The maximum absolute atomic E-state index is 11.8. The Hall–Kier alpha value is -3.09. The van der Waals surface area contributed by atoms with Crippen LogP contribution >= 0.6 is 0 Å². The molecule has 0 aliphatic carbocycles. The predicted molar refractivity (Wildman–Crippen MR) is 92.4 cm³/mol. The van der Waals surface area contributed by atoms with Crippen LogP contribution in [0, 0.1) is 6.92 Å². The third kappa shape index (κ3) is 5.80. The Labute approximate surface area is 146 Å². The monoisotopic (exact) mass is 343 g/mol. The van der Waals surface area contributed by atoms with Gasteiger partial charge in [0.2, 0.25) is 5.88 Å². The molecule has 0 saturated heterocycles. The molecule has 0 unspecified atom stereocenters. The van der Waals surface area contributed by atoms with Gasteiger partial charge in [0.15, 0.2) is 0 Å². The number of ether oxygens (including phenoxy) is 2. The lowest BCUT2D eigenvalue weighted by molar-refractivity contribution is -0.141. The van der Waals surface area contributed by atoms with Crippen molar-refractivity contribution in [2.45, 2.75) is 20.4 Å². The lowest BCUT2D eigenvalue weighted by Crippen LogP contribution is -2.38. The normalized spacial score (nSPS) is 10.0. The molecule has 0 radical (unpaired) electrons. The van der Waals surface area contributed by atoms with Crippen molar-refractivity contribution in [3.05, 3.63) is 53.7 Å². The summed E-state index contributed by atoms with van der Waals surface area (Å²) >= 11 is 0. The average molecular weight is 343 g/mol. The third-order valence-electron chi connectivity index (χ3n) is 3.29. The molecule has 2 amide bonds. The fourth-order valence-corrected chi connectivity index (χ4v) is 2.03. The van der Waals surface area contributed by atoms with E-state index in [-0.39, 0.29) is 19.7 Å². The highest BCUT2D eigenvalue weighted by molar-refractivity contribution is 5.80. The van der Waals surface area contributed by atoms with Crippen molar-refractivity contribution < 1.29 is 19.1 Å². The van der Waals surface area contributed by atoms with Gasteiger partial charge in [-0.1, -0.05) is 24.3 Å². The van der Waals surface area contributed by atoms with Gasteiger partial charge in [-0.25, -0.2) is 9.78 Å². The minimum Gasteiger partial charge on any atom is -0.465 e. The Morgan fingerprint density at radius 3 is 2.68 bits per heavy atom. The quantitative estimate of drug-likeness (QED) is 0.754. The van der Waals surface area contributed by atoms with Crippen molar-refractivity contribution in [1.82, 2.24) is 15.6 Å². The van der Waals surface area contributed by atoms with Crippen molar-refractivity contribution in [3.63, 3.8) is 0 Å². The number of nitrogens with one attached hydrogen (secondary N) is 2. The van der Waals surface area contributed by atoms with Crippen LogP contribution in [0.25, 0.3) is 0 Å². The molecule has 7 heteroatoms. The molecule has 0 fully saturated rings. The first-order valence-electron chi connectivity index (χ1n) is 7.95. The molecular formula is C18H21N3O4. The number of benzene rings is 1. The third-order valence-corrected chi connectivity index (χ3v) is 3.29. The zero-order valence-electron chi connectivity index (χ0n) is 14.2. The van der Waals surface area contributed by atoms with Crippen molar-refractivity contribution in [2.75, 3.05) is 13.2 Å². The van der Waals surface area contributed by atoms with E-state index in [0.717, 1.165) is 11.1 Å². The summed E-state index contributed by atoms with van der Waals surface area (Å²) in [6.45, 7) is 3.95. The molecule has 2 rings (SSSR count). The van der Waals surface area contributed by atoms with Crippen LogP contribution in [0.2, 0.25) is 0 Å². The number of esters is 1. The number of carbonyl (C=O) groups excluding carboxylic acids is 2. The number of hydrogen-bond donors (Lipinski definition) is 2. The summed E-state index contributed by atoms with van der Waals surface area (Å²) in [7, 11) is 0. The topological polar surface area (TPSA) is 89.5 Å². The maximum Gasteiger partial charge on any atom is 0.325 e. The molecule has 0 bridgehead atoms. The van der Waals surface area contributed by atoms with E-state index >= 15 is 0 Å². The summed E-state index contributed by atoms with van der Waals surface area (Å²) in [5.74, 6) is 0.638.